The second-order valence-corrected chi connectivity index (χ2v) is 4.96. The molecule has 2 aromatic rings. The van der Waals surface area contributed by atoms with Gasteiger partial charge in [0.25, 0.3) is 0 Å². The summed E-state index contributed by atoms with van der Waals surface area (Å²) >= 11 is 0. The maximum atomic E-state index is 9.24. The van der Waals surface area contributed by atoms with Crippen LogP contribution in [0.4, 0.5) is 5.69 Å². The summed E-state index contributed by atoms with van der Waals surface area (Å²) in [5.41, 5.74) is 3.84. The van der Waals surface area contributed by atoms with E-state index in [4.69, 9.17) is 4.74 Å². The van der Waals surface area contributed by atoms with Gasteiger partial charge in [-0.3, -0.25) is 0 Å². The van der Waals surface area contributed by atoms with E-state index in [0.29, 0.717) is 11.3 Å². The minimum absolute atomic E-state index is 0.0966. The van der Waals surface area contributed by atoms with Crippen LogP contribution in [0.15, 0.2) is 42.5 Å². The van der Waals surface area contributed by atoms with E-state index in [1.807, 2.05) is 12.1 Å². The number of methoxy groups -OCH3 is 1. The average Bonchev–Trinajstić information content (AvgIpc) is 2.55. The number of aryl methyl sites for hydroxylation is 1. The van der Waals surface area contributed by atoms with Crippen LogP contribution in [0, 0.1) is 11.3 Å². The molecule has 0 saturated heterocycles. The first-order chi connectivity index (χ1) is 10.2. The summed E-state index contributed by atoms with van der Waals surface area (Å²) in [5.74, 6) is 0.686. The van der Waals surface area contributed by atoms with Crippen LogP contribution in [-0.4, -0.2) is 7.11 Å². The Bertz CT molecular complexity index is 641. The third-order valence-electron chi connectivity index (χ3n) is 3.62. The highest BCUT2D eigenvalue weighted by atomic mass is 16.5. The fourth-order valence-electron chi connectivity index (χ4n) is 2.29. The van der Waals surface area contributed by atoms with E-state index < -0.39 is 0 Å². The smallest absolute Gasteiger partial charge is 0.143 e. The van der Waals surface area contributed by atoms with Gasteiger partial charge in [-0.25, -0.2) is 0 Å². The molecule has 0 aliphatic heterocycles. The zero-order valence-corrected chi connectivity index (χ0v) is 12.7. The Morgan fingerprint density at radius 3 is 2.48 bits per heavy atom. The first kappa shape index (κ1) is 14.9. The van der Waals surface area contributed by atoms with Crippen molar-refractivity contribution in [3.05, 3.63) is 59.2 Å². The van der Waals surface area contributed by atoms with Crippen molar-refractivity contribution < 1.29 is 4.74 Å². The molecule has 0 fully saturated rings. The molecule has 1 atom stereocenters. The van der Waals surface area contributed by atoms with Gasteiger partial charge >= 0.3 is 0 Å². The Morgan fingerprint density at radius 1 is 1.19 bits per heavy atom. The summed E-state index contributed by atoms with van der Waals surface area (Å²) in [6.45, 7) is 4.22. The quantitative estimate of drug-likeness (QED) is 0.888. The highest BCUT2D eigenvalue weighted by molar-refractivity contribution is 5.67. The van der Waals surface area contributed by atoms with Gasteiger partial charge in [-0.05, 0) is 36.6 Å². The number of para-hydroxylation sites is 1. The Balaban J connectivity index is 2.26. The Labute approximate surface area is 126 Å². The van der Waals surface area contributed by atoms with Crippen molar-refractivity contribution in [3.8, 4) is 11.8 Å². The summed E-state index contributed by atoms with van der Waals surface area (Å²) in [5, 5.41) is 12.6. The fraction of sp³-hybridized carbons (Fsp3) is 0.278. The van der Waals surface area contributed by atoms with E-state index in [2.05, 4.69) is 49.5 Å². The van der Waals surface area contributed by atoms with E-state index in [-0.39, 0.29) is 6.04 Å². The molecule has 0 aromatic heterocycles. The highest BCUT2D eigenvalue weighted by Crippen LogP contribution is 2.31. The van der Waals surface area contributed by atoms with Crippen LogP contribution in [0.1, 0.15) is 36.6 Å². The van der Waals surface area contributed by atoms with Gasteiger partial charge in [0.05, 0.1) is 18.4 Å². The van der Waals surface area contributed by atoms with Crippen molar-refractivity contribution in [1.82, 2.24) is 0 Å². The summed E-state index contributed by atoms with van der Waals surface area (Å²) in [4.78, 5) is 0. The van der Waals surface area contributed by atoms with Crippen LogP contribution in [0.5, 0.6) is 5.75 Å². The molecule has 0 aliphatic rings. The Morgan fingerprint density at radius 2 is 1.90 bits per heavy atom. The van der Waals surface area contributed by atoms with E-state index in [0.717, 1.165) is 12.1 Å². The summed E-state index contributed by atoms with van der Waals surface area (Å²) in [6, 6.07) is 16.3. The Hall–Kier alpha value is -2.47. The topological polar surface area (TPSA) is 45.0 Å². The molecule has 3 heteroatoms. The van der Waals surface area contributed by atoms with Crippen LogP contribution in [0.2, 0.25) is 0 Å². The van der Waals surface area contributed by atoms with Crippen LogP contribution in [0.3, 0.4) is 0 Å². The molecule has 1 unspecified atom stereocenters. The van der Waals surface area contributed by atoms with Gasteiger partial charge in [0.1, 0.15) is 11.8 Å². The number of hydrogen-bond acceptors (Lipinski definition) is 3. The minimum Gasteiger partial charge on any atom is -0.495 e. The molecule has 0 bridgehead atoms. The molecular weight excluding hydrogens is 260 g/mol. The molecule has 2 rings (SSSR count). The lowest BCUT2D eigenvalue weighted by atomic mass is 10.0. The Kier molecular flexibility index (Phi) is 4.84. The van der Waals surface area contributed by atoms with Crippen LogP contribution in [0.25, 0.3) is 0 Å². The van der Waals surface area contributed by atoms with E-state index in [9.17, 15) is 5.26 Å². The molecule has 108 valence electrons. The van der Waals surface area contributed by atoms with Crippen molar-refractivity contribution in [3.63, 3.8) is 0 Å². The van der Waals surface area contributed by atoms with E-state index in [1.54, 1.807) is 13.2 Å². The number of nitriles is 1. The number of hydrogen-bond donors (Lipinski definition) is 1. The maximum Gasteiger partial charge on any atom is 0.143 e. The van der Waals surface area contributed by atoms with Crippen LogP contribution in [-0.2, 0) is 6.42 Å². The normalized spacial score (nSPS) is 11.5. The summed E-state index contributed by atoms with van der Waals surface area (Å²) in [7, 11) is 1.61. The summed E-state index contributed by atoms with van der Waals surface area (Å²) in [6.07, 6.45) is 1.03. The molecule has 3 nitrogen and oxygen atoms in total. The fourth-order valence-corrected chi connectivity index (χ4v) is 2.29. The largest absolute Gasteiger partial charge is 0.495 e. The van der Waals surface area contributed by atoms with Crippen molar-refractivity contribution in [2.45, 2.75) is 26.3 Å². The van der Waals surface area contributed by atoms with Gasteiger partial charge in [-0.1, -0.05) is 37.3 Å². The second-order valence-electron chi connectivity index (χ2n) is 4.96. The van der Waals surface area contributed by atoms with Gasteiger partial charge in [0.15, 0.2) is 0 Å². The highest BCUT2D eigenvalue weighted by Gasteiger charge is 2.12. The first-order valence-electron chi connectivity index (χ1n) is 7.12. The van der Waals surface area contributed by atoms with Crippen molar-refractivity contribution in [2.24, 2.45) is 0 Å². The number of anilines is 1. The maximum absolute atomic E-state index is 9.24. The standard InChI is InChI=1S/C18H20N2O/c1-4-14-8-10-15(11-9-14)13(2)20-18-16(12-19)6-5-7-17(18)21-3/h5-11,13,20H,4H2,1-3H3. The van der Waals surface area contributed by atoms with E-state index in [1.165, 1.54) is 11.1 Å². The molecule has 1 N–H and O–H groups in total. The van der Waals surface area contributed by atoms with Gasteiger partial charge < -0.3 is 10.1 Å². The molecule has 2 aromatic carbocycles. The molecule has 21 heavy (non-hydrogen) atoms. The van der Waals surface area contributed by atoms with E-state index >= 15 is 0 Å². The lowest BCUT2D eigenvalue weighted by molar-refractivity contribution is 0.416. The third kappa shape index (κ3) is 3.35. The first-order valence-corrected chi connectivity index (χ1v) is 7.12. The SMILES string of the molecule is CCc1ccc(C(C)Nc2c(C#N)cccc2OC)cc1. The molecule has 0 aliphatic carbocycles. The van der Waals surface area contributed by atoms with Gasteiger partial charge in [0, 0.05) is 6.04 Å². The number of ether oxygens (including phenoxy) is 1. The molecule has 0 heterocycles. The molecule has 0 spiro atoms. The average molecular weight is 280 g/mol. The second kappa shape index (κ2) is 6.81. The van der Waals surface area contributed by atoms with Crippen LogP contribution < -0.4 is 10.1 Å². The predicted molar refractivity (Wildman–Crippen MR) is 85.6 cm³/mol. The molecule has 0 radical (unpaired) electrons. The van der Waals surface area contributed by atoms with Crippen molar-refractivity contribution in [1.29, 1.82) is 5.26 Å². The zero-order valence-electron chi connectivity index (χ0n) is 12.7. The molecule has 0 amide bonds. The zero-order chi connectivity index (χ0) is 15.2. The number of benzene rings is 2. The minimum atomic E-state index is 0.0966. The monoisotopic (exact) mass is 280 g/mol. The van der Waals surface area contributed by atoms with Gasteiger partial charge in [-0.15, -0.1) is 0 Å². The molecular formula is C18H20N2O. The van der Waals surface area contributed by atoms with Gasteiger partial charge in [0.2, 0.25) is 0 Å². The van der Waals surface area contributed by atoms with Crippen molar-refractivity contribution >= 4 is 5.69 Å². The summed E-state index contributed by atoms with van der Waals surface area (Å²) < 4.78 is 5.35. The lowest BCUT2D eigenvalue weighted by Crippen LogP contribution is -2.09. The number of rotatable bonds is 5. The predicted octanol–water partition coefficient (Wildman–Crippen LogP) is 4.30. The lowest BCUT2D eigenvalue weighted by Gasteiger charge is -2.19. The van der Waals surface area contributed by atoms with Crippen molar-refractivity contribution in [2.75, 3.05) is 12.4 Å². The number of nitrogens with one attached hydrogen (secondary N) is 1. The third-order valence-corrected chi connectivity index (χ3v) is 3.62. The van der Waals surface area contributed by atoms with Crippen LogP contribution >= 0.6 is 0 Å². The molecule has 0 saturated carbocycles. The van der Waals surface area contributed by atoms with Gasteiger partial charge in [-0.2, -0.15) is 5.26 Å². The number of nitrogens with zero attached hydrogens (tertiary/aromatic N) is 1.